The van der Waals surface area contributed by atoms with E-state index < -0.39 is 24.6 Å². The quantitative estimate of drug-likeness (QED) is 0.548. The number of aryl methyl sites for hydroxylation is 2. The number of hydrogen-bond acceptors (Lipinski definition) is 8. The number of thioether (sulfide) groups is 1. The molecule has 0 atom stereocenters. The second kappa shape index (κ2) is 8.26. The molecule has 2 amide bonds. The molecule has 1 aromatic carbocycles. The SMILES string of the molecule is Cc1noc(C)c1CSc1ccccc1C(=O)OCC(=O)N1CCOC1=O. The maximum Gasteiger partial charge on any atom is 0.416 e. The smallest absolute Gasteiger partial charge is 0.416 e. The fraction of sp³-hybridized carbons (Fsp3) is 0.333. The first-order valence-corrected chi connectivity index (χ1v) is 9.23. The lowest BCUT2D eigenvalue weighted by atomic mass is 10.2. The molecule has 1 aromatic heterocycles. The van der Waals surface area contributed by atoms with Gasteiger partial charge in [0, 0.05) is 16.2 Å². The van der Waals surface area contributed by atoms with Crippen molar-refractivity contribution in [1.82, 2.24) is 10.1 Å². The molecule has 2 aromatic rings. The van der Waals surface area contributed by atoms with Gasteiger partial charge in [0.2, 0.25) is 0 Å². The van der Waals surface area contributed by atoms with E-state index in [1.54, 1.807) is 18.2 Å². The van der Waals surface area contributed by atoms with Crippen molar-refractivity contribution >= 4 is 29.7 Å². The summed E-state index contributed by atoms with van der Waals surface area (Å²) in [5, 5.41) is 3.92. The predicted octanol–water partition coefficient (Wildman–Crippen LogP) is 2.72. The van der Waals surface area contributed by atoms with Gasteiger partial charge < -0.3 is 14.0 Å². The van der Waals surface area contributed by atoms with E-state index in [2.05, 4.69) is 5.16 Å². The zero-order valence-corrected chi connectivity index (χ0v) is 15.7. The van der Waals surface area contributed by atoms with Crippen LogP contribution in [-0.2, 0) is 20.0 Å². The van der Waals surface area contributed by atoms with Crippen LogP contribution >= 0.6 is 11.8 Å². The highest BCUT2D eigenvalue weighted by molar-refractivity contribution is 7.98. The Kier molecular flexibility index (Phi) is 5.80. The lowest BCUT2D eigenvalue weighted by molar-refractivity contribution is -0.131. The first-order valence-electron chi connectivity index (χ1n) is 8.25. The summed E-state index contributed by atoms with van der Waals surface area (Å²) in [6.45, 7) is 3.50. The van der Waals surface area contributed by atoms with E-state index in [9.17, 15) is 14.4 Å². The molecule has 3 rings (SSSR count). The topological polar surface area (TPSA) is 98.9 Å². The molecule has 0 bridgehead atoms. The van der Waals surface area contributed by atoms with Crippen LogP contribution in [0.4, 0.5) is 4.79 Å². The van der Waals surface area contributed by atoms with E-state index in [4.69, 9.17) is 14.0 Å². The number of benzene rings is 1. The van der Waals surface area contributed by atoms with Crippen molar-refractivity contribution in [3.05, 3.63) is 46.8 Å². The van der Waals surface area contributed by atoms with Gasteiger partial charge in [-0.2, -0.15) is 0 Å². The summed E-state index contributed by atoms with van der Waals surface area (Å²) in [5.74, 6) is 0.0944. The average molecular weight is 390 g/mol. The van der Waals surface area contributed by atoms with Crippen molar-refractivity contribution in [1.29, 1.82) is 0 Å². The number of nitrogens with zero attached hydrogens (tertiary/aromatic N) is 2. The van der Waals surface area contributed by atoms with Gasteiger partial charge in [-0.3, -0.25) is 4.79 Å². The second-order valence-electron chi connectivity index (χ2n) is 5.82. The van der Waals surface area contributed by atoms with E-state index in [1.165, 1.54) is 11.8 Å². The average Bonchev–Trinajstić information content (AvgIpc) is 3.23. The number of rotatable bonds is 6. The number of aromatic nitrogens is 1. The summed E-state index contributed by atoms with van der Waals surface area (Å²) < 4.78 is 14.9. The van der Waals surface area contributed by atoms with Gasteiger partial charge in [-0.1, -0.05) is 17.3 Å². The number of imide groups is 1. The molecule has 0 saturated carbocycles. The number of ether oxygens (including phenoxy) is 2. The largest absolute Gasteiger partial charge is 0.452 e. The lowest BCUT2D eigenvalue weighted by Gasteiger charge is -2.12. The van der Waals surface area contributed by atoms with Gasteiger partial charge in [0.15, 0.2) is 6.61 Å². The van der Waals surface area contributed by atoms with Crippen LogP contribution in [0.25, 0.3) is 0 Å². The van der Waals surface area contributed by atoms with Crippen LogP contribution in [0, 0.1) is 13.8 Å². The molecule has 8 nitrogen and oxygen atoms in total. The minimum atomic E-state index is -0.716. The van der Waals surface area contributed by atoms with E-state index in [-0.39, 0.29) is 13.2 Å². The van der Waals surface area contributed by atoms with Crippen molar-refractivity contribution in [2.45, 2.75) is 24.5 Å². The van der Waals surface area contributed by atoms with E-state index in [1.807, 2.05) is 19.9 Å². The predicted molar refractivity (Wildman–Crippen MR) is 95.3 cm³/mol. The zero-order chi connectivity index (χ0) is 19.4. The second-order valence-corrected chi connectivity index (χ2v) is 6.84. The number of carbonyl (C=O) groups excluding carboxylic acids is 3. The Hall–Kier alpha value is -2.81. The Morgan fingerprint density at radius 1 is 1.30 bits per heavy atom. The Morgan fingerprint density at radius 3 is 2.74 bits per heavy atom. The van der Waals surface area contributed by atoms with Gasteiger partial charge in [0.1, 0.15) is 12.4 Å². The van der Waals surface area contributed by atoms with Crippen LogP contribution in [0.1, 0.15) is 27.4 Å². The molecule has 0 aliphatic carbocycles. The van der Waals surface area contributed by atoms with Crippen molar-refractivity contribution < 1.29 is 28.4 Å². The number of carbonyl (C=O) groups is 3. The molecule has 0 radical (unpaired) electrons. The van der Waals surface area contributed by atoms with Gasteiger partial charge in [-0.15, -0.1) is 11.8 Å². The highest BCUT2D eigenvalue weighted by atomic mass is 32.2. The zero-order valence-electron chi connectivity index (χ0n) is 14.9. The van der Waals surface area contributed by atoms with Gasteiger partial charge in [0.25, 0.3) is 5.91 Å². The maximum absolute atomic E-state index is 12.4. The summed E-state index contributed by atoms with van der Waals surface area (Å²) >= 11 is 1.45. The summed E-state index contributed by atoms with van der Waals surface area (Å²) in [6, 6.07) is 6.97. The standard InChI is InChI=1S/C18H18N2O6S/c1-11-14(12(2)26-19-11)10-27-15-6-4-3-5-13(15)17(22)25-9-16(21)20-7-8-24-18(20)23/h3-6H,7-10H2,1-2H3. The highest BCUT2D eigenvalue weighted by Crippen LogP contribution is 2.29. The molecule has 27 heavy (non-hydrogen) atoms. The van der Waals surface area contributed by atoms with Crippen LogP contribution in [0.2, 0.25) is 0 Å². The Labute approximate surface area is 159 Å². The Balaban J connectivity index is 1.63. The molecule has 9 heteroatoms. The van der Waals surface area contributed by atoms with Gasteiger partial charge in [0.05, 0.1) is 17.8 Å². The minimum absolute atomic E-state index is 0.152. The van der Waals surface area contributed by atoms with Crippen LogP contribution in [0.5, 0.6) is 0 Å². The third kappa shape index (κ3) is 4.30. The minimum Gasteiger partial charge on any atom is -0.452 e. The van der Waals surface area contributed by atoms with Crippen LogP contribution in [-0.4, -0.2) is 47.8 Å². The molecule has 0 spiro atoms. The summed E-state index contributed by atoms with van der Waals surface area (Å²) in [7, 11) is 0. The fourth-order valence-electron chi connectivity index (χ4n) is 2.52. The number of cyclic esters (lactones) is 1. The Morgan fingerprint density at radius 2 is 2.07 bits per heavy atom. The molecule has 1 aliphatic heterocycles. The number of amides is 2. The van der Waals surface area contributed by atoms with Crippen molar-refractivity contribution in [3.8, 4) is 0 Å². The highest BCUT2D eigenvalue weighted by Gasteiger charge is 2.29. The Bertz CT molecular complexity index is 859. The number of hydrogen-bond donors (Lipinski definition) is 0. The van der Waals surface area contributed by atoms with E-state index >= 15 is 0 Å². The van der Waals surface area contributed by atoms with Crippen LogP contribution < -0.4 is 0 Å². The van der Waals surface area contributed by atoms with E-state index in [0.717, 1.165) is 26.8 Å². The van der Waals surface area contributed by atoms with Gasteiger partial charge >= 0.3 is 12.1 Å². The van der Waals surface area contributed by atoms with Crippen LogP contribution in [0.15, 0.2) is 33.7 Å². The monoisotopic (exact) mass is 390 g/mol. The molecule has 2 heterocycles. The molecule has 142 valence electrons. The molecular weight excluding hydrogens is 372 g/mol. The third-order valence-corrected chi connectivity index (χ3v) is 5.15. The van der Waals surface area contributed by atoms with Crippen LogP contribution in [0.3, 0.4) is 0 Å². The molecule has 1 aliphatic rings. The molecule has 0 N–H and O–H groups in total. The first-order chi connectivity index (χ1) is 13.0. The maximum atomic E-state index is 12.4. The lowest BCUT2D eigenvalue weighted by Crippen LogP contribution is -2.35. The van der Waals surface area contributed by atoms with Gasteiger partial charge in [-0.05, 0) is 26.0 Å². The summed E-state index contributed by atoms with van der Waals surface area (Å²) in [6.07, 6.45) is -0.716. The molecule has 1 saturated heterocycles. The van der Waals surface area contributed by atoms with Crippen molar-refractivity contribution in [3.63, 3.8) is 0 Å². The molecule has 1 fully saturated rings. The third-order valence-electron chi connectivity index (χ3n) is 4.05. The summed E-state index contributed by atoms with van der Waals surface area (Å²) in [5.41, 5.74) is 2.14. The first kappa shape index (κ1) is 19.0. The van der Waals surface area contributed by atoms with Gasteiger partial charge in [-0.25, -0.2) is 14.5 Å². The number of esters is 1. The molecule has 0 unspecified atom stereocenters. The van der Waals surface area contributed by atoms with Crippen molar-refractivity contribution in [2.24, 2.45) is 0 Å². The molecular formula is C18H18N2O6S. The fourth-order valence-corrected chi connectivity index (χ4v) is 3.72. The normalized spacial score (nSPS) is 13.6. The summed E-state index contributed by atoms with van der Waals surface area (Å²) in [4.78, 5) is 37.4. The van der Waals surface area contributed by atoms with Crippen molar-refractivity contribution in [2.75, 3.05) is 19.8 Å². The van der Waals surface area contributed by atoms with E-state index in [0.29, 0.717) is 11.3 Å².